The summed E-state index contributed by atoms with van der Waals surface area (Å²) in [5.41, 5.74) is 0.213. The third-order valence-corrected chi connectivity index (χ3v) is 6.17. The molecule has 0 bridgehead atoms. The van der Waals surface area contributed by atoms with Crippen molar-refractivity contribution >= 4 is 17.8 Å². The molecule has 0 aliphatic carbocycles. The minimum atomic E-state index is -0.992. The molecule has 1 heterocycles. The number of piperidine rings is 1. The Morgan fingerprint density at radius 2 is 1.71 bits per heavy atom. The van der Waals surface area contributed by atoms with Gasteiger partial charge in [-0.05, 0) is 58.9 Å². The average Bonchev–Trinajstić information content (AvgIpc) is 2.70. The van der Waals surface area contributed by atoms with Gasteiger partial charge in [0.05, 0.1) is 12.1 Å². The van der Waals surface area contributed by atoms with Crippen LogP contribution in [0.15, 0.2) is 11.6 Å². The van der Waals surface area contributed by atoms with Crippen LogP contribution in [0.25, 0.3) is 0 Å². The number of likely N-dealkylation sites (N-methyl/N-ethyl adjacent to an activating group) is 1. The Balaban J connectivity index is 3.13. The standard InChI is InChI=1S/C24H43N3O4/c1-9-26(20(15(2)3)14-18(8)24(30)31)23(29)21(16(4)5)25-22(28)19-12-10-11-13-27(19)17(6)7/h14-17,19-21H,9-13H2,1-8H3,(H,25,28)(H,30,31)/t19-,20+,21+/m1/s1. The monoisotopic (exact) mass is 437 g/mol. The number of carboxylic acids is 1. The van der Waals surface area contributed by atoms with Crippen molar-refractivity contribution in [3.63, 3.8) is 0 Å². The first-order valence-electron chi connectivity index (χ1n) is 11.7. The molecule has 1 saturated heterocycles. The molecule has 0 aromatic heterocycles. The maximum atomic E-state index is 13.6. The number of carbonyl (C=O) groups is 3. The van der Waals surface area contributed by atoms with Gasteiger partial charge in [0.2, 0.25) is 11.8 Å². The molecule has 1 aliphatic heterocycles. The van der Waals surface area contributed by atoms with Gasteiger partial charge in [0.15, 0.2) is 0 Å². The Labute approximate surface area is 188 Å². The maximum Gasteiger partial charge on any atom is 0.331 e. The molecule has 178 valence electrons. The molecule has 2 N–H and O–H groups in total. The first kappa shape index (κ1) is 27.1. The lowest BCUT2D eigenvalue weighted by Crippen LogP contribution is -2.59. The number of aliphatic carboxylic acids is 1. The van der Waals surface area contributed by atoms with Gasteiger partial charge in [0.1, 0.15) is 6.04 Å². The van der Waals surface area contributed by atoms with Gasteiger partial charge in [-0.3, -0.25) is 14.5 Å². The zero-order chi connectivity index (χ0) is 23.9. The third kappa shape index (κ3) is 7.34. The van der Waals surface area contributed by atoms with Gasteiger partial charge in [-0.25, -0.2) is 4.79 Å². The van der Waals surface area contributed by atoms with Crippen LogP contribution < -0.4 is 5.32 Å². The maximum absolute atomic E-state index is 13.6. The minimum absolute atomic E-state index is 0.0384. The predicted molar refractivity (Wildman–Crippen MR) is 124 cm³/mol. The molecule has 0 unspecified atom stereocenters. The fourth-order valence-electron chi connectivity index (χ4n) is 4.28. The second kappa shape index (κ2) is 12.2. The van der Waals surface area contributed by atoms with Crippen LogP contribution in [0.2, 0.25) is 0 Å². The normalized spacial score (nSPS) is 20.1. The van der Waals surface area contributed by atoms with Gasteiger partial charge in [-0.1, -0.05) is 40.2 Å². The summed E-state index contributed by atoms with van der Waals surface area (Å²) in [6, 6.07) is -0.949. The lowest BCUT2D eigenvalue weighted by molar-refractivity contribution is -0.141. The van der Waals surface area contributed by atoms with Crippen molar-refractivity contribution in [2.24, 2.45) is 11.8 Å². The van der Waals surface area contributed by atoms with Crippen LogP contribution >= 0.6 is 0 Å². The first-order valence-corrected chi connectivity index (χ1v) is 11.7. The minimum Gasteiger partial charge on any atom is -0.478 e. The number of hydrogen-bond donors (Lipinski definition) is 2. The molecule has 7 nitrogen and oxygen atoms in total. The quantitative estimate of drug-likeness (QED) is 0.512. The number of nitrogens with zero attached hydrogens (tertiary/aromatic N) is 2. The van der Waals surface area contributed by atoms with E-state index in [1.807, 2.05) is 34.6 Å². The number of rotatable bonds is 10. The zero-order valence-corrected chi connectivity index (χ0v) is 20.6. The van der Waals surface area contributed by atoms with Gasteiger partial charge in [0.25, 0.3) is 0 Å². The van der Waals surface area contributed by atoms with Crippen molar-refractivity contribution in [2.45, 2.75) is 98.8 Å². The summed E-state index contributed by atoms with van der Waals surface area (Å²) in [5, 5.41) is 12.3. The molecule has 1 aliphatic rings. The van der Waals surface area contributed by atoms with Crippen LogP contribution in [0.1, 0.15) is 74.7 Å². The Hall–Kier alpha value is -1.89. The zero-order valence-electron chi connectivity index (χ0n) is 20.6. The highest BCUT2D eigenvalue weighted by Crippen LogP contribution is 2.22. The highest BCUT2D eigenvalue weighted by molar-refractivity contribution is 5.90. The van der Waals surface area contributed by atoms with E-state index in [4.69, 9.17) is 0 Å². The summed E-state index contributed by atoms with van der Waals surface area (Å²) in [4.78, 5) is 42.0. The second-order valence-corrected chi connectivity index (χ2v) is 9.59. The number of likely N-dealkylation sites (tertiary alicyclic amines) is 1. The molecule has 0 spiro atoms. The van der Waals surface area contributed by atoms with Crippen molar-refractivity contribution < 1.29 is 19.5 Å². The molecule has 1 rings (SSSR count). The number of nitrogens with one attached hydrogen (secondary N) is 1. The summed E-state index contributed by atoms with van der Waals surface area (Å²) in [6.07, 6.45) is 4.55. The van der Waals surface area contributed by atoms with Crippen molar-refractivity contribution in [1.82, 2.24) is 15.1 Å². The van der Waals surface area contributed by atoms with Crippen LogP contribution in [-0.4, -0.2) is 69.9 Å². The van der Waals surface area contributed by atoms with Crippen molar-refractivity contribution in [1.29, 1.82) is 0 Å². The summed E-state index contributed by atoms with van der Waals surface area (Å²) >= 11 is 0. The predicted octanol–water partition coefficient (Wildman–Crippen LogP) is 3.29. The van der Waals surface area contributed by atoms with E-state index in [0.29, 0.717) is 6.54 Å². The van der Waals surface area contributed by atoms with Crippen LogP contribution in [0, 0.1) is 11.8 Å². The first-order chi connectivity index (χ1) is 14.4. The van der Waals surface area contributed by atoms with Gasteiger partial charge >= 0.3 is 5.97 Å². The molecular weight excluding hydrogens is 394 g/mol. The topological polar surface area (TPSA) is 90.0 Å². The van der Waals surface area contributed by atoms with Crippen LogP contribution in [0.5, 0.6) is 0 Å². The van der Waals surface area contributed by atoms with Crippen LogP contribution in [0.4, 0.5) is 0 Å². The van der Waals surface area contributed by atoms with Crippen LogP contribution in [0.3, 0.4) is 0 Å². The molecular formula is C24H43N3O4. The number of amides is 2. The number of hydrogen-bond acceptors (Lipinski definition) is 4. The lowest BCUT2D eigenvalue weighted by Gasteiger charge is -2.39. The molecule has 7 heteroatoms. The number of carboxylic acid groups (broad SMARTS) is 1. The van der Waals surface area contributed by atoms with E-state index < -0.39 is 12.0 Å². The fourth-order valence-corrected chi connectivity index (χ4v) is 4.28. The van der Waals surface area contributed by atoms with Gasteiger partial charge < -0.3 is 15.3 Å². The molecule has 0 aromatic carbocycles. The highest BCUT2D eigenvalue weighted by Gasteiger charge is 2.36. The molecule has 0 aromatic rings. The van der Waals surface area contributed by atoms with Gasteiger partial charge in [-0.15, -0.1) is 0 Å². The van der Waals surface area contributed by atoms with E-state index in [9.17, 15) is 19.5 Å². The average molecular weight is 438 g/mol. The van der Waals surface area contributed by atoms with E-state index in [1.54, 1.807) is 17.9 Å². The summed E-state index contributed by atoms with van der Waals surface area (Å²) in [5.74, 6) is -1.29. The molecule has 1 fully saturated rings. The molecule has 0 radical (unpaired) electrons. The molecule has 0 saturated carbocycles. The van der Waals surface area contributed by atoms with E-state index >= 15 is 0 Å². The molecule has 2 amide bonds. The van der Waals surface area contributed by atoms with Crippen LogP contribution in [-0.2, 0) is 14.4 Å². The molecule has 31 heavy (non-hydrogen) atoms. The largest absolute Gasteiger partial charge is 0.478 e. The Morgan fingerprint density at radius 1 is 1.10 bits per heavy atom. The lowest BCUT2D eigenvalue weighted by atomic mass is 9.95. The smallest absolute Gasteiger partial charge is 0.331 e. The van der Waals surface area contributed by atoms with Crippen molar-refractivity contribution in [3.05, 3.63) is 11.6 Å². The molecule has 3 atom stereocenters. The SMILES string of the molecule is CCN(C(=O)[C@@H](NC(=O)[C@H]1CCCCN1C(C)C)C(C)C)[C@@H](C=C(C)C(=O)O)C(C)C. The van der Waals surface area contributed by atoms with E-state index in [1.165, 1.54) is 0 Å². The Bertz CT molecular complexity index is 657. The van der Waals surface area contributed by atoms with E-state index in [2.05, 4.69) is 24.1 Å². The summed E-state index contributed by atoms with van der Waals surface area (Å²) in [7, 11) is 0. The summed E-state index contributed by atoms with van der Waals surface area (Å²) in [6.45, 7) is 16.8. The van der Waals surface area contributed by atoms with Gasteiger partial charge in [0, 0.05) is 18.2 Å². The summed E-state index contributed by atoms with van der Waals surface area (Å²) < 4.78 is 0. The van der Waals surface area contributed by atoms with Crippen molar-refractivity contribution in [3.8, 4) is 0 Å². The highest BCUT2D eigenvalue weighted by atomic mass is 16.4. The Morgan fingerprint density at radius 3 is 2.16 bits per heavy atom. The van der Waals surface area contributed by atoms with Crippen molar-refractivity contribution in [2.75, 3.05) is 13.1 Å². The fraction of sp³-hybridized carbons (Fsp3) is 0.792. The third-order valence-electron chi connectivity index (χ3n) is 6.17. The second-order valence-electron chi connectivity index (χ2n) is 9.59. The van der Waals surface area contributed by atoms with E-state index in [0.717, 1.165) is 25.8 Å². The van der Waals surface area contributed by atoms with E-state index in [-0.39, 0.29) is 47.3 Å². The van der Waals surface area contributed by atoms with Gasteiger partial charge in [-0.2, -0.15) is 0 Å². The number of carbonyl (C=O) groups excluding carboxylic acids is 2. The Kier molecular flexibility index (Phi) is 10.7.